The second-order valence-electron chi connectivity index (χ2n) is 3.43. The minimum Gasteiger partial charge on any atom is -0.462 e. The number of rotatable bonds is 4. The monoisotopic (exact) mass is 172 g/mol. The topological polar surface area (TPSA) is 46.5 Å². The van der Waals surface area contributed by atoms with Crippen molar-refractivity contribution in [2.45, 2.75) is 20.8 Å². The molecule has 0 heterocycles. The van der Waals surface area contributed by atoms with Crippen molar-refractivity contribution in [1.29, 1.82) is 0 Å². The number of carbonyl (C=O) groups excluding carboxylic acids is 1. The third kappa shape index (κ3) is 4.91. The fraction of sp³-hybridized carbons (Fsp3) is 0.667. The molecule has 0 spiro atoms. The predicted molar refractivity (Wildman–Crippen MR) is 46.6 cm³/mol. The quantitative estimate of drug-likeness (QED) is 0.510. The summed E-state index contributed by atoms with van der Waals surface area (Å²) >= 11 is 0. The molecular formula is C9H16O3. The maximum Gasteiger partial charge on any atom is 0.330 e. The predicted octanol–water partition coefficient (Wildman–Crippen LogP) is 1.12. The number of hydrogen-bond acceptors (Lipinski definition) is 3. The summed E-state index contributed by atoms with van der Waals surface area (Å²) in [5.41, 5.74) is -0.350. The Hall–Kier alpha value is -0.830. The van der Waals surface area contributed by atoms with Crippen LogP contribution in [0.1, 0.15) is 20.8 Å². The van der Waals surface area contributed by atoms with Crippen molar-refractivity contribution in [2.75, 3.05) is 13.2 Å². The van der Waals surface area contributed by atoms with Gasteiger partial charge < -0.3 is 9.84 Å². The molecule has 3 heteroatoms. The molecule has 0 radical (unpaired) electrons. The summed E-state index contributed by atoms with van der Waals surface area (Å²) in [5.74, 6) is -0.362. The Kier molecular flexibility index (Phi) is 4.59. The van der Waals surface area contributed by atoms with Crippen molar-refractivity contribution >= 4 is 5.97 Å². The van der Waals surface area contributed by atoms with E-state index in [1.807, 2.05) is 13.8 Å². The van der Waals surface area contributed by atoms with Crippen LogP contribution in [0.4, 0.5) is 0 Å². The van der Waals surface area contributed by atoms with E-state index >= 15 is 0 Å². The molecule has 0 atom stereocenters. The highest BCUT2D eigenvalue weighted by Crippen LogP contribution is 2.13. The van der Waals surface area contributed by atoms with Gasteiger partial charge in [-0.05, 0) is 6.92 Å². The van der Waals surface area contributed by atoms with Crippen LogP contribution in [0, 0.1) is 5.41 Å². The van der Waals surface area contributed by atoms with Gasteiger partial charge in [0, 0.05) is 11.5 Å². The molecule has 0 aromatic rings. The molecule has 0 aliphatic rings. The highest BCUT2D eigenvalue weighted by atomic mass is 16.5. The van der Waals surface area contributed by atoms with Crippen molar-refractivity contribution in [3.05, 3.63) is 12.2 Å². The Balaban J connectivity index is 3.75. The molecule has 0 rings (SSSR count). The molecule has 0 aliphatic carbocycles. The Morgan fingerprint density at radius 3 is 2.58 bits per heavy atom. The summed E-state index contributed by atoms with van der Waals surface area (Å²) in [6.07, 6.45) is 2.97. The van der Waals surface area contributed by atoms with Crippen LogP contribution in [0.15, 0.2) is 12.2 Å². The average Bonchev–Trinajstić information content (AvgIpc) is 2.02. The van der Waals surface area contributed by atoms with E-state index in [9.17, 15) is 4.79 Å². The molecule has 0 aromatic heterocycles. The summed E-state index contributed by atoms with van der Waals surface area (Å²) < 4.78 is 4.85. The molecule has 0 aliphatic heterocycles. The second-order valence-corrected chi connectivity index (χ2v) is 3.43. The van der Waals surface area contributed by atoms with E-state index in [2.05, 4.69) is 0 Å². The van der Waals surface area contributed by atoms with Crippen molar-refractivity contribution in [3.63, 3.8) is 0 Å². The molecular weight excluding hydrogens is 156 g/mol. The SMILES string of the molecule is CC=CC(=O)OCC(C)(C)CO. The van der Waals surface area contributed by atoms with Crippen molar-refractivity contribution in [3.8, 4) is 0 Å². The lowest BCUT2D eigenvalue weighted by atomic mass is 9.97. The highest BCUT2D eigenvalue weighted by molar-refractivity contribution is 5.81. The summed E-state index contributed by atoms with van der Waals surface area (Å²) in [6, 6.07) is 0. The first-order valence-corrected chi connectivity index (χ1v) is 3.92. The Labute approximate surface area is 73.0 Å². The lowest BCUT2D eigenvalue weighted by Gasteiger charge is -2.20. The fourth-order valence-corrected chi connectivity index (χ4v) is 0.496. The molecule has 12 heavy (non-hydrogen) atoms. The summed E-state index contributed by atoms with van der Waals surface area (Å²) in [5, 5.41) is 8.83. The van der Waals surface area contributed by atoms with E-state index in [1.165, 1.54) is 6.08 Å². The van der Waals surface area contributed by atoms with E-state index in [1.54, 1.807) is 13.0 Å². The van der Waals surface area contributed by atoms with E-state index in [-0.39, 0.29) is 24.6 Å². The van der Waals surface area contributed by atoms with Crippen molar-refractivity contribution in [1.82, 2.24) is 0 Å². The first kappa shape index (κ1) is 11.2. The van der Waals surface area contributed by atoms with Crippen LogP contribution in [-0.4, -0.2) is 24.3 Å². The minimum atomic E-state index is -0.362. The van der Waals surface area contributed by atoms with E-state index < -0.39 is 0 Å². The van der Waals surface area contributed by atoms with Gasteiger partial charge >= 0.3 is 5.97 Å². The van der Waals surface area contributed by atoms with Crippen LogP contribution in [0.2, 0.25) is 0 Å². The zero-order valence-electron chi connectivity index (χ0n) is 7.83. The van der Waals surface area contributed by atoms with Gasteiger partial charge in [-0.1, -0.05) is 19.9 Å². The van der Waals surface area contributed by atoms with Gasteiger partial charge in [0.2, 0.25) is 0 Å². The van der Waals surface area contributed by atoms with E-state index in [0.717, 1.165) is 0 Å². The van der Waals surface area contributed by atoms with Crippen LogP contribution < -0.4 is 0 Å². The number of aliphatic hydroxyl groups excluding tert-OH is 1. The lowest BCUT2D eigenvalue weighted by molar-refractivity contribution is -0.141. The van der Waals surface area contributed by atoms with Crippen LogP contribution >= 0.6 is 0 Å². The van der Waals surface area contributed by atoms with Crippen molar-refractivity contribution in [2.24, 2.45) is 5.41 Å². The zero-order valence-corrected chi connectivity index (χ0v) is 7.83. The van der Waals surface area contributed by atoms with Gasteiger partial charge in [0.15, 0.2) is 0 Å². The molecule has 0 unspecified atom stereocenters. The Bertz CT molecular complexity index is 171. The number of hydrogen-bond donors (Lipinski definition) is 1. The number of carbonyl (C=O) groups is 1. The number of allylic oxidation sites excluding steroid dienone is 1. The minimum absolute atomic E-state index is 0.0100. The van der Waals surface area contributed by atoms with E-state index in [0.29, 0.717) is 0 Å². The third-order valence-electron chi connectivity index (χ3n) is 1.34. The first-order chi connectivity index (χ1) is 5.52. The highest BCUT2D eigenvalue weighted by Gasteiger charge is 2.18. The molecule has 0 bridgehead atoms. The van der Waals surface area contributed by atoms with Gasteiger partial charge in [-0.3, -0.25) is 0 Å². The molecule has 1 N–H and O–H groups in total. The molecule has 3 nitrogen and oxygen atoms in total. The fourth-order valence-electron chi connectivity index (χ4n) is 0.496. The first-order valence-electron chi connectivity index (χ1n) is 3.92. The van der Waals surface area contributed by atoms with Crippen LogP contribution in [-0.2, 0) is 9.53 Å². The zero-order chi connectivity index (χ0) is 9.61. The number of ether oxygens (including phenoxy) is 1. The molecule has 0 saturated carbocycles. The molecule has 0 amide bonds. The molecule has 0 saturated heterocycles. The van der Waals surface area contributed by atoms with E-state index in [4.69, 9.17) is 9.84 Å². The maximum atomic E-state index is 10.8. The van der Waals surface area contributed by atoms with Crippen LogP contribution in [0.3, 0.4) is 0 Å². The third-order valence-corrected chi connectivity index (χ3v) is 1.34. The number of esters is 1. The second kappa shape index (κ2) is 4.93. The molecule has 0 aromatic carbocycles. The van der Waals surface area contributed by atoms with Gasteiger partial charge in [-0.15, -0.1) is 0 Å². The standard InChI is InChI=1S/C9H16O3/c1-4-5-8(11)12-7-9(2,3)6-10/h4-5,10H,6-7H2,1-3H3. The van der Waals surface area contributed by atoms with Gasteiger partial charge in [-0.25, -0.2) is 4.79 Å². The van der Waals surface area contributed by atoms with Gasteiger partial charge in [0.05, 0.1) is 13.2 Å². The largest absolute Gasteiger partial charge is 0.462 e. The van der Waals surface area contributed by atoms with Crippen LogP contribution in [0.5, 0.6) is 0 Å². The lowest BCUT2D eigenvalue weighted by Crippen LogP contribution is -2.24. The van der Waals surface area contributed by atoms with Crippen LogP contribution in [0.25, 0.3) is 0 Å². The molecule has 0 fully saturated rings. The van der Waals surface area contributed by atoms with Crippen molar-refractivity contribution < 1.29 is 14.6 Å². The summed E-state index contributed by atoms with van der Waals surface area (Å²) in [7, 11) is 0. The smallest absolute Gasteiger partial charge is 0.330 e. The Morgan fingerprint density at radius 1 is 1.58 bits per heavy atom. The maximum absolute atomic E-state index is 10.8. The van der Waals surface area contributed by atoms with Gasteiger partial charge in [0.1, 0.15) is 0 Å². The average molecular weight is 172 g/mol. The summed E-state index contributed by atoms with van der Waals surface area (Å²) in [4.78, 5) is 10.8. The normalized spacial score (nSPS) is 12.0. The summed E-state index contributed by atoms with van der Waals surface area (Å²) in [6.45, 7) is 5.66. The number of aliphatic hydroxyl groups is 1. The Morgan fingerprint density at radius 2 is 2.17 bits per heavy atom. The van der Waals surface area contributed by atoms with Gasteiger partial charge in [0.25, 0.3) is 0 Å². The molecule has 70 valence electrons. The van der Waals surface area contributed by atoms with Gasteiger partial charge in [-0.2, -0.15) is 0 Å².